The van der Waals surface area contributed by atoms with Crippen LogP contribution in [0.2, 0.25) is 0 Å². The van der Waals surface area contributed by atoms with Crippen LogP contribution in [-0.2, 0) is 11.8 Å². The van der Waals surface area contributed by atoms with Crippen molar-refractivity contribution in [3.05, 3.63) is 17.4 Å². The number of carbonyl (C=O) groups is 1. The standard InChI is InChI=1S/C11H15N5OS3/c1-8-5-19-11(14-8)20-6-9(17)12-3-4-18-10-15-13-7-16(10)2/h5,7H,3-4,6H2,1-2H3,(H,12,17). The van der Waals surface area contributed by atoms with Gasteiger partial charge in [-0.15, -0.1) is 21.5 Å². The second kappa shape index (κ2) is 7.65. The van der Waals surface area contributed by atoms with E-state index in [4.69, 9.17) is 0 Å². The molecule has 0 aliphatic rings. The molecule has 0 fully saturated rings. The molecule has 0 spiro atoms. The number of aryl methyl sites for hydroxylation is 2. The van der Waals surface area contributed by atoms with E-state index in [0.29, 0.717) is 12.3 Å². The third-order valence-electron chi connectivity index (χ3n) is 2.25. The Kier molecular flexibility index (Phi) is 5.86. The van der Waals surface area contributed by atoms with Crippen LogP contribution in [0.5, 0.6) is 0 Å². The zero-order valence-corrected chi connectivity index (χ0v) is 13.6. The van der Waals surface area contributed by atoms with Crippen LogP contribution < -0.4 is 5.32 Å². The molecule has 0 unspecified atom stereocenters. The Morgan fingerprint density at radius 1 is 1.50 bits per heavy atom. The molecule has 0 radical (unpaired) electrons. The Hall–Kier alpha value is -1.06. The molecular weight excluding hydrogens is 314 g/mol. The lowest BCUT2D eigenvalue weighted by atomic mass is 10.6. The number of nitrogens with zero attached hydrogens (tertiary/aromatic N) is 4. The predicted octanol–water partition coefficient (Wildman–Crippen LogP) is 1.58. The molecule has 108 valence electrons. The summed E-state index contributed by atoms with van der Waals surface area (Å²) in [6, 6.07) is 0. The lowest BCUT2D eigenvalue weighted by molar-refractivity contribution is -0.118. The molecule has 9 heteroatoms. The molecule has 0 saturated carbocycles. The Bertz CT molecular complexity index is 568. The van der Waals surface area contributed by atoms with Crippen LogP contribution in [0, 0.1) is 6.92 Å². The van der Waals surface area contributed by atoms with Crippen LogP contribution in [-0.4, -0.2) is 43.7 Å². The fourth-order valence-corrected chi connectivity index (χ4v) is 3.73. The van der Waals surface area contributed by atoms with E-state index in [1.165, 1.54) is 11.8 Å². The first-order valence-corrected chi connectivity index (χ1v) is 8.78. The fraction of sp³-hybridized carbons (Fsp3) is 0.455. The largest absolute Gasteiger partial charge is 0.355 e. The van der Waals surface area contributed by atoms with Gasteiger partial charge in [-0.1, -0.05) is 23.5 Å². The summed E-state index contributed by atoms with van der Waals surface area (Å²) < 4.78 is 2.79. The molecule has 0 aliphatic carbocycles. The molecule has 1 N–H and O–H groups in total. The van der Waals surface area contributed by atoms with E-state index in [1.54, 1.807) is 29.4 Å². The van der Waals surface area contributed by atoms with Gasteiger partial charge in [-0.05, 0) is 6.92 Å². The van der Waals surface area contributed by atoms with E-state index in [-0.39, 0.29) is 5.91 Å². The van der Waals surface area contributed by atoms with Gasteiger partial charge < -0.3 is 9.88 Å². The highest BCUT2D eigenvalue weighted by Gasteiger charge is 2.06. The number of carbonyl (C=O) groups excluding carboxylic acids is 1. The molecule has 20 heavy (non-hydrogen) atoms. The zero-order chi connectivity index (χ0) is 14.4. The molecule has 6 nitrogen and oxygen atoms in total. The lowest BCUT2D eigenvalue weighted by Gasteiger charge is -2.03. The minimum absolute atomic E-state index is 0.0291. The molecule has 0 aliphatic heterocycles. The van der Waals surface area contributed by atoms with Gasteiger partial charge in [0.2, 0.25) is 5.91 Å². The molecule has 2 aromatic rings. The number of hydrogen-bond donors (Lipinski definition) is 1. The van der Waals surface area contributed by atoms with Crippen molar-refractivity contribution in [3.8, 4) is 0 Å². The van der Waals surface area contributed by atoms with Crippen molar-refractivity contribution in [3.63, 3.8) is 0 Å². The smallest absolute Gasteiger partial charge is 0.230 e. The monoisotopic (exact) mass is 329 g/mol. The zero-order valence-electron chi connectivity index (χ0n) is 11.2. The van der Waals surface area contributed by atoms with Crippen LogP contribution in [0.3, 0.4) is 0 Å². The second-order valence-corrected chi connectivity index (χ2v) is 7.11. The Morgan fingerprint density at radius 2 is 2.35 bits per heavy atom. The summed E-state index contributed by atoms with van der Waals surface area (Å²) >= 11 is 4.61. The van der Waals surface area contributed by atoms with Gasteiger partial charge in [0.25, 0.3) is 0 Å². The van der Waals surface area contributed by atoms with Crippen LogP contribution >= 0.6 is 34.9 Å². The maximum Gasteiger partial charge on any atom is 0.230 e. The van der Waals surface area contributed by atoms with Gasteiger partial charge in [-0.2, -0.15) is 0 Å². The van der Waals surface area contributed by atoms with Crippen LogP contribution in [0.4, 0.5) is 0 Å². The first-order chi connectivity index (χ1) is 9.65. The van der Waals surface area contributed by atoms with Crippen LogP contribution in [0.1, 0.15) is 5.69 Å². The van der Waals surface area contributed by atoms with Crippen molar-refractivity contribution in [1.82, 2.24) is 25.1 Å². The Balaban J connectivity index is 1.59. The Morgan fingerprint density at radius 3 is 3.00 bits per heavy atom. The highest BCUT2D eigenvalue weighted by molar-refractivity contribution is 8.01. The first-order valence-electron chi connectivity index (χ1n) is 5.93. The number of thiazole rings is 1. The average Bonchev–Trinajstić information content (AvgIpc) is 3.01. The normalized spacial score (nSPS) is 10.7. The van der Waals surface area contributed by atoms with E-state index in [1.807, 2.05) is 23.9 Å². The number of hydrogen-bond acceptors (Lipinski definition) is 7. The highest BCUT2D eigenvalue weighted by Crippen LogP contribution is 2.21. The summed E-state index contributed by atoms with van der Waals surface area (Å²) in [6.45, 7) is 2.57. The summed E-state index contributed by atoms with van der Waals surface area (Å²) in [6.07, 6.45) is 1.66. The first kappa shape index (κ1) is 15.3. The molecule has 0 aromatic carbocycles. The molecule has 0 bridgehead atoms. The maximum atomic E-state index is 11.7. The van der Waals surface area contributed by atoms with E-state index >= 15 is 0 Å². The van der Waals surface area contributed by atoms with E-state index in [0.717, 1.165) is 20.9 Å². The SMILES string of the molecule is Cc1csc(SCC(=O)NCCSc2nncn2C)n1. The summed E-state index contributed by atoms with van der Waals surface area (Å²) in [5, 5.41) is 13.5. The van der Waals surface area contributed by atoms with Crippen LogP contribution in [0.15, 0.2) is 21.2 Å². The molecule has 2 heterocycles. The number of thioether (sulfide) groups is 2. The van der Waals surface area contributed by atoms with Crippen molar-refractivity contribution >= 4 is 40.8 Å². The quantitative estimate of drug-likeness (QED) is 0.614. The van der Waals surface area contributed by atoms with Gasteiger partial charge in [0, 0.05) is 30.4 Å². The maximum absolute atomic E-state index is 11.7. The lowest BCUT2D eigenvalue weighted by Crippen LogP contribution is -2.27. The van der Waals surface area contributed by atoms with Crippen molar-refractivity contribution in [2.24, 2.45) is 7.05 Å². The summed E-state index contributed by atoms with van der Waals surface area (Å²) in [4.78, 5) is 16.0. The molecule has 0 atom stereocenters. The van der Waals surface area contributed by atoms with Gasteiger partial charge in [0.05, 0.1) is 5.75 Å². The number of nitrogens with one attached hydrogen (secondary N) is 1. The number of aromatic nitrogens is 4. The number of amides is 1. The van der Waals surface area contributed by atoms with E-state index in [2.05, 4.69) is 20.5 Å². The summed E-state index contributed by atoms with van der Waals surface area (Å²) in [7, 11) is 1.90. The number of rotatable bonds is 7. The average molecular weight is 329 g/mol. The van der Waals surface area contributed by atoms with Gasteiger partial charge in [0.15, 0.2) is 9.50 Å². The van der Waals surface area contributed by atoms with Crippen molar-refractivity contribution < 1.29 is 4.79 Å². The van der Waals surface area contributed by atoms with Crippen molar-refractivity contribution in [1.29, 1.82) is 0 Å². The topological polar surface area (TPSA) is 72.7 Å². The summed E-state index contributed by atoms with van der Waals surface area (Å²) in [5.41, 5.74) is 0.998. The van der Waals surface area contributed by atoms with Gasteiger partial charge in [0.1, 0.15) is 6.33 Å². The van der Waals surface area contributed by atoms with Gasteiger partial charge in [-0.25, -0.2) is 4.98 Å². The molecular formula is C11H15N5OS3. The van der Waals surface area contributed by atoms with Gasteiger partial charge >= 0.3 is 0 Å². The third kappa shape index (κ3) is 4.80. The second-order valence-electron chi connectivity index (χ2n) is 3.97. The molecule has 2 aromatic heterocycles. The van der Waals surface area contributed by atoms with E-state index in [9.17, 15) is 4.79 Å². The third-order valence-corrected chi connectivity index (χ3v) is 5.42. The fourth-order valence-electron chi connectivity index (χ4n) is 1.31. The predicted molar refractivity (Wildman–Crippen MR) is 82.3 cm³/mol. The molecule has 2 rings (SSSR count). The molecule has 1 amide bonds. The van der Waals surface area contributed by atoms with Crippen molar-refractivity contribution in [2.75, 3.05) is 18.1 Å². The minimum Gasteiger partial charge on any atom is -0.355 e. The summed E-state index contributed by atoms with van der Waals surface area (Å²) in [5.74, 6) is 1.21. The van der Waals surface area contributed by atoms with Crippen LogP contribution in [0.25, 0.3) is 0 Å². The van der Waals surface area contributed by atoms with Crippen molar-refractivity contribution in [2.45, 2.75) is 16.4 Å². The van der Waals surface area contributed by atoms with Gasteiger partial charge in [-0.3, -0.25) is 4.79 Å². The Labute approximate surface area is 129 Å². The minimum atomic E-state index is 0.0291. The van der Waals surface area contributed by atoms with E-state index < -0.39 is 0 Å². The molecule has 0 saturated heterocycles. The highest BCUT2D eigenvalue weighted by atomic mass is 32.2.